The van der Waals surface area contributed by atoms with Crippen LogP contribution in [0.15, 0.2) is 64.6 Å². The summed E-state index contributed by atoms with van der Waals surface area (Å²) in [5.74, 6) is 0.813. The molecule has 0 aliphatic carbocycles. The van der Waals surface area contributed by atoms with Crippen molar-refractivity contribution < 1.29 is 9.21 Å². The number of nitrogens with one attached hydrogen (secondary N) is 1. The number of rotatable bonds is 6. The number of carbonyl (C=O) groups excluding carboxylic acids is 1. The Morgan fingerprint density at radius 3 is 2.75 bits per heavy atom. The summed E-state index contributed by atoms with van der Waals surface area (Å²) < 4.78 is 5.56. The maximum atomic E-state index is 12.5. The van der Waals surface area contributed by atoms with Crippen molar-refractivity contribution in [2.24, 2.45) is 0 Å². The fourth-order valence-corrected chi connectivity index (χ4v) is 3.38. The molecule has 0 fully saturated rings. The van der Waals surface area contributed by atoms with E-state index in [1.807, 2.05) is 66.8 Å². The van der Waals surface area contributed by atoms with Gasteiger partial charge in [0.15, 0.2) is 0 Å². The molecular formula is C19H20N2O2S. The molecule has 0 bridgehead atoms. The molecule has 2 heterocycles. The Labute approximate surface area is 145 Å². The first kappa shape index (κ1) is 16.3. The first-order chi connectivity index (χ1) is 11.6. The van der Waals surface area contributed by atoms with Gasteiger partial charge in [0.25, 0.3) is 5.91 Å². The van der Waals surface area contributed by atoms with Crippen LogP contribution in [0.1, 0.15) is 26.9 Å². The van der Waals surface area contributed by atoms with Gasteiger partial charge < -0.3 is 14.6 Å². The van der Waals surface area contributed by atoms with Gasteiger partial charge >= 0.3 is 0 Å². The highest BCUT2D eigenvalue weighted by Crippen LogP contribution is 2.28. The average molecular weight is 340 g/mol. The van der Waals surface area contributed by atoms with Gasteiger partial charge in [-0.2, -0.15) is 0 Å². The van der Waals surface area contributed by atoms with E-state index in [1.165, 1.54) is 4.88 Å². The Balaban J connectivity index is 1.73. The van der Waals surface area contributed by atoms with Crippen molar-refractivity contribution >= 4 is 22.9 Å². The summed E-state index contributed by atoms with van der Waals surface area (Å²) in [7, 11) is 3.92. The molecule has 5 heteroatoms. The topological polar surface area (TPSA) is 45.5 Å². The predicted molar refractivity (Wildman–Crippen MR) is 98.0 cm³/mol. The molecule has 24 heavy (non-hydrogen) atoms. The summed E-state index contributed by atoms with van der Waals surface area (Å²) in [6, 6.07) is 15.5. The number of carbonyl (C=O) groups is 1. The van der Waals surface area contributed by atoms with Crippen LogP contribution in [-0.2, 0) is 0 Å². The van der Waals surface area contributed by atoms with Crippen molar-refractivity contribution in [3.8, 4) is 0 Å². The Morgan fingerprint density at radius 2 is 2.08 bits per heavy atom. The summed E-state index contributed by atoms with van der Waals surface area (Å²) in [6.45, 7) is 0.499. The Hall–Kier alpha value is -2.53. The van der Waals surface area contributed by atoms with Crippen LogP contribution in [-0.4, -0.2) is 26.5 Å². The Morgan fingerprint density at radius 1 is 1.21 bits per heavy atom. The molecule has 1 N–H and O–H groups in total. The van der Waals surface area contributed by atoms with E-state index >= 15 is 0 Å². The molecule has 0 aliphatic rings. The van der Waals surface area contributed by atoms with Gasteiger partial charge in [-0.25, -0.2) is 0 Å². The Kier molecular flexibility index (Phi) is 5.01. The van der Waals surface area contributed by atoms with Crippen LogP contribution in [0.3, 0.4) is 0 Å². The number of benzene rings is 1. The van der Waals surface area contributed by atoms with Gasteiger partial charge in [-0.1, -0.05) is 12.1 Å². The minimum atomic E-state index is -0.0770. The van der Waals surface area contributed by atoms with Gasteiger partial charge in [0, 0.05) is 36.8 Å². The van der Waals surface area contributed by atoms with Crippen molar-refractivity contribution in [3.63, 3.8) is 0 Å². The van der Waals surface area contributed by atoms with E-state index in [1.54, 1.807) is 17.6 Å². The van der Waals surface area contributed by atoms with Crippen LogP contribution < -0.4 is 10.2 Å². The van der Waals surface area contributed by atoms with Crippen molar-refractivity contribution in [3.05, 3.63) is 76.4 Å². The molecule has 4 nitrogen and oxygen atoms in total. The average Bonchev–Trinajstić information content (AvgIpc) is 3.29. The van der Waals surface area contributed by atoms with E-state index in [4.69, 9.17) is 4.42 Å². The SMILES string of the molecule is CN(C)c1cccc(C(=O)NC[C@@H](c2ccco2)c2cccs2)c1. The third kappa shape index (κ3) is 3.68. The number of nitrogens with zero attached hydrogens (tertiary/aromatic N) is 1. The third-order valence-corrected chi connectivity index (χ3v) is 4.85. The zero-order valence-corrected chi connectivity index (χ0v) is 14.5. The lowest BCUT2D eigenvalue weighted by Crippen LogP contribution is -2.28. The fourth-order valence-electron chi connectivity index (χ4n) is 2.54. The third-order valence-electron chi connectivity index (χ3n) is 3.86. The minimum Gasteiger partial charge on any atom is -0.469 e. The maximum absolute atomic E-state index is 12.5. The smallest absolute Gasteiger partial charge is 0.251 e. The van der Waals surface area contributed by atoms with E-state index in [0.29, 0.717) is 12.1 Å². The molecule has 3 aromatic rings. The van der Waals surface area contributed by atoms with Crippen LogP contribution in [0.5, 0.6) is 0 Å². The number of hydrogen-bond acceptors (Lipinski definition) is 4. The van der Waals surface area contributed by atoms with Gasteiger partial charge in [0.05, 0.1) is 12.2 Å². The normalized spacial score (nSPS) is 11.9. The number of amides is 1. The Bertz CT molecular complexity index is 745. The van der Waals surface area contributed by atoms with Gasteiger partial charge in [-0.3, -0.25) is 4.79 Å². The van der Waals surface area contributed by atoms with E-state index < -0.39 is 0 Å². The van der Waals surface area contributed by atoms with Gasteiger partial charge in [0.2, 0.25) is 0 Å². The molecule has 0 unspecified atom stereocenters. The summed E-state index contributed by atoms with van der Waals surface area (Å²) in [5.41, 5.74) is 1.66. The van der Waals surface area contributed by atoms with Crippen molar-refractivity contribution in [1.82, 2.24) is 5.32 Å². The first-order valence-electron chi connectivity index (χ1n) is 7.77. The number of hydrogen-bond donors (Lipinski definition) is 1. The molecule has 0 aliphatic heterocycles. The van der Waals surface area contributed by atoms with Crippen molar-refractivity contribution in [2.75, 3.05) is 25.5 Å². The highest BCUT2D eigenvalue weighted by molar-refractivity contribution is 7.10. The highest BCUT2D eigenvalue weighted by Gasteiger charge is 2.19. The maximum Gasteiger partial charge on any atom is 0.251 e. The second-order valence-electron chi connectivity index (χ2n) is 5.74. The summed E-state index contributed by atoms with van der Waals surface area (Å²) in [6.07, 6.45) is 1.66. The number of furan rings is 1. The van der Waals surface area contributed by atoms with Crippen LogP contribution in [0.25, 0.3) is 0 Å². The molecule has 0 saturated carbocycles. The van der Waals surface area contributed by atoms with Crippen LogP contribution in [0.4, 0.5) is 5.69 Å². The number of thiophene rings is 1. The zero-order valence-electron chi connectivity index (χ0n) is 13.7. The minimum absolute atomic E-state index is 0.0287. The standard InChI is InChI=1S/C19H20N2O2S/c1-21(2)15-7-3-6-14(12-15)19(22)20-13-16(17-8-4-10-23-17)18-9-5-11-24-18/h3-12,16H,13H2,1-2H3,(H,20,22)/t16-/m0/s1. The molecule has 1 amide bonds. The molecule has 0 spiro atoms. The second kappa shape index (κ2) is 7.36. The molecule has 1 aromatic carbocycles. The van der Waals surface area contributed by atoms with Gasteiger partial charge in [0.1, 0.15) is 5.76 Å². The van der Waals surface area contributed by atoms with Gasteiger partial charge in [-0.05, 0) is 41.8 Å². The second-order valence-corrected chi connectivity index (χ2v) is 6.72. The summed E-state index contributed by atoms with van der Waals surface area (Å²) in [4.78, 5) is 15.7. The van der Waals surface area contributed by atoms with Crippen LogP contribution in [0.2, 0.25) is 0 Å². The van der Waals surface area contributed by atoms with E-state index in [2.05, 4.69) is 11.4 Å². The summed E-state index contributed by atoms with van der Waals surface area (Å²) in [5, 5.41) is 5.07. The number of anilines is 1. The lowest BCUT2D eigenvalue weighted by molar-refractivity contribution is 0.0952. The molecule has 124 valence electrons. The van der Waals surface area contributed by atoms with Crippen LogP contribution in [0, 0.1) is 0 Å². The highest BCUT2D eigenvalue weighted by atomic mass is 32.1. The van der Waals surface area contributed by atoms with E-state index in [-0.39, 0.29) is 11.8 Å². The lowest BCUT2D eigenvalue weighted by atomic mass is 10.0. The largest absolute Gasteiger partial charge is 0.469 e. The summed E-state index contributed by atoms with van der Waals surface area (Å²) >= 11 is 1.67. The molecule has 3 rings (SSSR count). The quantitative estimate of drug-likeness (QED) is 0.738. The zero-order chi connectivity index (χ0) is 16.9. The van der Waals surface area contributed by atoms with Crippen LogP contribution >= 0.6 is 11.3 Å². The molecule has 0 saturated heterocycles. The molecule has 0 radical (unpaired) electrons. The lowest BCUT2D eigenvalue weighted by Gasteiger charge is -2.16. The fraction of sp³-hybridized carbons (Fsp3) is 0.211. The van der Waals surface area contributed by atoms with E-state index in [9.17, 15) is 4.79 Å². The molecular weight excluding hydrogens is 320 g/mol. The van der Waals surface area contributed by atoms with Gasteiger partial charge in [-0.15, -0.1) is 11.3 Å². The monoisotopic (exact) mass is 340 g/mol. The van der Waals surface area contributed by atoms with Crippen molar-refractivity contribution in [2.45, 2.75) is 5.92 Å². The predicted octanol–water partition coefficient (Wildman–Crippen LogP) is 3.97. The molecule has 2 aromatic heterocycles. The van der Waals surface area contributed by atoms with Crippen molar-refractivity contribution in [1.29, 1.82) is 0 Å². The first-order valence-corrected chi connectivity index (χ1v) is 8.65. The molecule has 1 atom stereocenters. The van der Waals surface area contributed by atoms with E-state index in [0.717, 1.165) is 11.4 Å².